The van der Waals surface area contributed by atoms with E-state index in [1.54, 1.807) is 11.3 Å². The molecule has 5 nitrogen and oxygen atoms in total. The van der Waals surface area contributed by atoms with Crippen LogP contribution in [0.3, 0.4) is 0 Å². The zero-order valence-corrected chi connectivity index (χ0v) is 19.0. The first-order chi connectivity index (χ1) is 14.4. The summed E-state index contributed by atoms with van der Waals surface area (Å²) < 4.78 is 1.19. The minimum atomic E-state index is 0.0531. The van der Waals surface area contributed by atoms with Crippen LogP contribution in [0.5, 0.6) is 0 Å². The van der Waals surface area contributed by atoms with Gasteiger partial charge in [0.25, 0.3) is 5.91 Å². The second kappa shape index (κ2) is 8.82. The van der Waals surface area contributed by atoms with Crippen molar-refractivity contribution in [3.63, 3.8) is 0 Å². The highest BCUT2D eigenvalue weighted by atomic mass is 32.1. The molecule has 1 atom stereocenters. The van der Waals surface area contributed by atoms with E-state index in [4.69, 9.17) is 0 Å². The molecule has 1 fully saturated rings. The van der Waals surface area contributed by atoms with Gasteiger partial charge in [-0.2, -0.15) is 0 Å². The van der Waals surface area contributed by atoms with E-state index in [0.29, 0.717) is 11.8 Å². The van der Waals surface area contributed by atoms with Crippen molar-refractivity contribution in [2.24, 2.45) is 0 Å². The molecule has 1 amide bonds. The second-order valence-electron chi connectivity index (χ2n) is 8.79. The van der Waals surface area contributed by atoms with E-state index in [-0.39, 0.29) is 11.9 Å². The number of carbonyl (C=O) groups excluding carboxylic acids is 1. The highest BCUT2D eigenvalue weighted by Crippen LogP contribution is 2.40. The number of amides is 1. The van der Waals surface area contributed by atoms with Crippen LogP contribution < -0.4 is 5.32 Å². The van der Waals surface area contributed by atoms with Crippen LogP contribution in [0.25, 0.3) is 10.1 Å². The first-order valence-corrected chi connectivity index (χ1v) is 11.6. The first kappa shape index (κ1) is 20.9. The number of rotatable bonds is 6. The monoisotopic (exact) mass is 422 g/mol. The molecule has 3 aromatic rings. The lowest BCUT2D eigenvalue weighted by Gasteiger charge is -2.17. The number of thiophene rings is 1. The number of carbonyl (C=O) groups is 1. The number of likely N-dealkylation sites (tertiary alicyclic amines) is 1. The van der Waals surface area contributed by atoms with Gasteiger partial charge in [-0.1, -0.05) is 32.0 Å². The Morgan fingerprint density at radius 3 is 2.63 bits per heavy atom. The maximum atomic E-state index is 12.9. The maximum Gasteiger partial charge on any atom is 0.261 e. The summed E-state index contributed by atoms with van der Waals surface area (Å²) in [6, 6.07) is 8.53. The zero-order chi connectivity index (χ0) is 21.3. The van der Waals surface area contributed by atoms with Crippen molar-refractivity contribution >= 4 is 27.3 Å². The summed E-state index contributed by atoms with van der Waals surface area (Å²) in [7, 11) is 0. The summed E-state index contributed by atoms with van der Waals surface area (Å²) in [5.41, 5.74) is 2.37. The van der Waals surface area contributed by atoms with Crippen molar-refractivity contribution in [3.8, 4) is 0 Å². The van der Waals surface area contributed by atoms with Gasteiger partial charge in [0.1, 0.15) is 5.82 Å². The van der Waals surface area contributed by atoms with Gasteiger partial charge in [0, 0.05) is 53.6 Å². The highest BCUT2D eigenvalue weighted by molar-refractivity contribution is 7.21. The molecule has 0 saturated carbocycles. The molecule has 0 spiro atoms. The van der Waals surface area contributed by atoms with Crippen LogP contribution >= 0.6 is 11.3 Å². The molecule has 3 heterocycles. The van der Waals surface area contributed by atoms with E-state index in [9.17, 15) is 4.79 Å². The Hall–Kier alpha value is -2.31. The lowest BCUT2D eigenvalue weighted by Crippen LogP contribution is -2.30. The molecule has 6 heteroatoms. The van der Waals surface area contributed by atoms with Gasteiger partial charge in [-0.3, -0.25) is 9.69 Å². The van der Waals surface area contributed by atoms with Crippen LogP contribution in [-0.2, 0) is 6.54 Å². The van der Waals surface area contributed by atoms with Gasteiger partial charge in [0.05, 0.1) is 4.88 Å². The summed E-state index contributed by atoms with van der Waals surface area (Å²) in [5, 5.41) is 4.32. The van der Waals surface area contributed by atoms with E-state index < -0.39 is 0 Å². The fourth-order valence-corrected chi connectivity index (χ4v) is 5.37. The Labute approximate surface area is 182 Å². The molecule has 158 valence electrons. The fourth-order valence-electron chi connectivity index (χ4n) is 4.18. The zero-order valence-electron chi connectivity index (χ0n) is 18.2. The number of nitrogens with zero attached hydrogens (tertiary/aromatic N) is 3. The minimum absolute atomic E-state index is 0.0531. The molecular weight excluding hydrogens is 392 g/mol. The van der Waals surface area contributed by atoms with Crippen molar-refractivity contribution in [3.05, 3.63) is 58.5 Å². The van der Waals surface area contributed by atoms with Crippen molar-refractivity contribution in [1.82, 2.24) is 20.2 Å². The third-order valence-corrected chi connectivity index (χ3v) is 6.77. The topological polar surface area (TPSA) is 58.1 Å². The van der Waals surface area contributed by atoms with Crippen LogP contribution in [0.1, 0.15) is 72.6 Å². The minimum Gasteiger partial charge on any atom is -0.349 e. The standard InChI is InChI=1S/C24H30N4OS/c1-15(2)23-25-11-17(12-26-23)13-28-10-9-18(14-28)21-19-7-5-6-8-20(19)30-22(21)24(29)27-16(3)4/h5-8,11-12,15-16,18H,9-10,13-14H2,1-4H3,(H,27,29)/t18-/m0/s1. The van der Waals surface area contributed by atoms with E-state index in [2.05, 4.69) is 58.3 Å². The summed E-state index contributed by atoms with van der Waals surface area (Å²) in [6.07, 6.45) is 4.97. The number of nitrogens with one attached hydrogen (secondary N) is 1. The van der Waals surface area contributed by atoms with Gasteiger partial charge in [-0.05, 0) is 43.8 Å². The molecule has 4 rings (SSSR count). The molecular formula is C24H30N4OS. The molecule has 0 unspecified atom stereocenters. The van der Waals surface area contributed by atoms with Crippen LogP contribution in [0.2, 0.25) is 0 Å². The molecule has 0 aliphatic carbocycles. The van der Waals surface area contributed by atoms with Crippen molar-refractivity contribution in [2.75, 3.05) is 13.1 Å². The average molecular weight is 423 g/mol. The summed E-state index contributed by atoms with van der Waals surface area (Å²) in [5.74, 6) is 1.66. The van der Waals surface area contributed by atoms with Crippen LogP contribution in [0.15, 0.2) is 36.7 Å². The van der Waals surface area contributed by atoms with Crippen molar-refractivity contribution < 1.29 is 4.79 Å². The Balaban J connectivity index is 1.55. The van der Waals surface area contributed by atoms with Gasteiger partial charge >= 0.3 is 0 Å². The average Bonchev–Trinajstić information content (AvgIpc) is 3.32. The molecule has 1 aliphatic rings. The smallest absolute Gasteiger partial charge is 0.261 e. The molecule has 0 bridgehead atoms. The third kappa shape index (κ3) is 4.40. The molecule has 2 aromatic heterocycles. The summed E-state index contributed by atoms with van der Waals surface area (Å²) in [4.78, 5) is 25.3. The van der Waals surface area contributed by atoms with Crippen molar-refractivity contribution in [2.45, 2.75) is 58.5 Å². The van der Waals surface area contributed by atoms with Crippen molar-refractivity contribution in [1.29, 1.82) is 0 Å². The number of aromatic nitrogens is 2. The molecule has 1 saturated heterocycles. The Bertz CT molecular complexity index is 1030. The van der Waals surface area contributed by atoms with Gasteiger partial charge in [0.15, 0.2) is 0 Å². The first-order valence-electron chi connectivity index (χ1n) is 10.8. The van der Waals surface area contributed by atoms with Crippen LogP contribution in [0, 0.1) is 0 Å². The quantitative estimate of drug-likeness (QED) is 0.611. The van der Waals surface area contributed by atoms with Crippen LogP contribution in [-0.4, -0.2) is 39.9 Å². The summed E-state index contributed by atoms with van der Waals surface area (Å²) >= 11 is 1.62. The molecule has 1 N–H and O–H groups in total. The lowest BCUT2D eigenvalue weighted by atomic mass is 9.95. The SMILES string of the molecule is CC(C)NC(=O)c1sc2ccccc2c1[C@H]1CCN(Cc2cnc(C(C)C)nc2)C1. The molecule has 1 aliphatic heterocycles. The van der Waals surface area contributed by atoms with E-state index >= 15 is 0 Å². The molecule has 30 heavy (non-hydrogen) atoms. The largest absolute Gasteiger partial charge is 0.349 e. The van der Waals surface area contributed by atoms with Crippen LogP contribution in [0.4, 0.5) is 0 Å². The Kier molecular flexibility index (Phi) is 6.16. The third-order valence-electron chi connectivity index (χ3n) is 5.59. The number of benzene rings is 1. The van der Waals surface area contributed by atoms with Gasteiger partial charge in [0.2, 0.25) is 0 Å². The number of hydrogen-bond acceptors (Lipinski definition) is 5. The summed E-state index contributed by atoms with van der Waals surface area (Å²) in [6.45, 7) is 11.1. The molecule has 0 radical (unpaired) electrons. The van der Waals surface area contributed by atoms with E-state index in [0.717, 1.165) is 42.3 Å². The second-order valence-corrected chi connectivity index (χ2v) is 9.85. The van der Waals surface area contributed by atoms with Gasteiger partial charge < -0.3 is 5.32 Å². The number of hydrogen-bond donors (Lipinski definition) is 1. The van der Waals surface area contributed by atoms with Gasteiger partial charge in [-0.25, -0.2) is 9.97 Å². The fraction of sp³-hybridized carbons (Fsp3) is 0.458. The van der Waals surface area contributed by atoms with E-state index in [1.165, 1.54) is 15.6 Å². The van der Waals surface area contributed by atoms with Gasteiger partial charge in [-0.15, -0.1) is 11.3 Å². The lowest BCUT2D eigenvalue weighted by molar-refractivity contribution is 0.0946. The highest BCUT2D eigenvalue weighted by Gasteiger charge is 2.30. The molecule has 1 aromatic carbocycles. The van der Waals surface area contributed by atoms with E-state index in [1.807, 2.05) is 26.2 Å². The Morgan fingerprint density at radius 2 is 1.93 bits per heavy atom. The predicted octanol–water partition coefficient (Wildman–Crippen LogP) is 4.94. The Morgan fingerprint density at radius 1 is 1.20 bits per heavy atom. The number of fused-ring (bicyclic) bond motifs is 1. The maximum absolute atomic E-state index is 12.9. The predicted molar refractivity (Wildman–Crippen MR) is 123 cm³/mol. The normalized spacial score (nSPS) is 17.3.